The first kappa shape index (κ1) is 19.6. The van der Waals surface area contributed by atoms with E-state index in [0.717, 1.165) is 5.69 Å². The van der Waals surface area contributed by atoms with Gasteiger partial charge in [-0.15, -0.1) is 0 Å². The highest BCUT2D eigenvalue weighted by Crippen LogP contribution is 2.51. The zero-order chi connectivity index (χ0) is 21.6. The van der Waals surface area contributed by atoms with E-state index in [1.165, 1.54) is 22.4 Å². The summed E-state index contributed by atoms with van der Waals surface area (Å²) in [5.74, 6) is 0. The van der Waals surface area contributed by atoms with Gasteiger partial charge in [-0.25, -0.2) is 5.01 Å². The molecule has 4 nitrogen and oxygen atoms in total. The molecule has 2 aliphatic rings. The number of benzene rings is 3. The van der Waals surface area contributed by atoms with Crippen LogP contribution in [0.1, 0.15) is 31.9 Å². The standard InChI is InChI=1S/C27H28N4/c1-26(2,3)25-27(31(29-28-25)21-15-9-6-10-16-21)19-23(20-13-7-5-8-14-20)22-17-11-12-18-24(22)30(27)4/h5-19,25H,1-4H3/t25-,27+/m0/s1. The molecule has 0 bridgehead atoms. The third kappa shape index (κ3) is 2.97. The number of likely N-dealkylation sites (N-methyl/N-ethyl adjacent to an activating group) is 1. The maximum absolute atomic E-state index is 4.86. The van der Waals surface area contributed by atoms with E-state index in [-0.39, 0.29) is 11.5 Å². The van der Waals surface area contributed by atoms with Gasteiger partial charge in [-0.2, -0.15) is 5.11 Å². The summed E-state index contributed by atoms with van der Waals surface area (Å²) in [4.78, 5) is 2.36. The summed E-state index contributed by atoms with van der Waals surface area (Å²) in [6, 6.07) is 29.6. The summed E-state index contributed by atoms with van der Waals surface area (Å²) in [5.41, 5.74) is 5.23. The number of hydrogen-bond acceptors (Lipinski definition) is 4. The van der Waals surface area contributed by atoms with Crippen LogP contribution < -0.4 is 9.91 Å². The minimum Gasteiger partial charge on any atom is -0.345 e. The van der Waals surface area contributed by atoms with E-state index >= 15 is 0 Å². The van der Waals surface area contributed by atoms with E-state index in [4.69, 9.17) is 10.3 Å². The van der Waals surface area contributed by atoms with Crippen LogP contribution in [-0.4, -0.2) is 18.8 Å². The van der Waals surface area contributed by atoms with E-state index in [1.54, 1.807) is 0 Å². The van der Waals surface area contributed by atoms with Crippen LogP contribution in [0.5, 0.6) is 0 Å². The van der Waals surface area contributed by atoms with Gasteiger partial charge in [0.2, 0.25) is 0 Å². The second-order valence-electron chi connectivity index (χ2n) is 9.40. The van der Waals surface area contributed by atoms with Crippen LogP contribution >= 0.6 is 0 Å². The lowest BCUT2D eigenvalue weighted by atomic mass is 9.74. The van der Waals surface area contributed by atoms with Gasteiger partial charge >= 0.3 is 0 Å². The molecule has 0 saturated heterocycles. The van der Waals surface area contributed by atoms with Crippen molar-refractivity contribution in [2.75, 3.05) is 17.0 Å². The molecule has 0 saturated carbocycles. The van der Waals surface area contributed by atoms with E-state index in [9.17, 15) is 0 Å². The molecule has 2 aliphatic heterocycles. The molecular weight excluding hydrogens is 380 g/mol. The van der Waals surface area contributed by atoms with Gasteiger partial charge < -0.3 is 4.90 Å². The van der Waals surface area contributed by atoms with Crippen LogP contribution in [0, 0.1) is 5.41 Å². The SMILES string of the molecule is CN1c2ccccc2C(c2ccccc2)=C[C@@]12[C@H](C(C)(C)C)N=NN2c1ccccc1. The minimum absolute atomic E-state index is 0.0581. The van der Waals surface area contributed by atoms with E-state index in [2.05, 4.69) is 123 Å². The monoisotopic (exact) mass is 408 g/mol. The zero-order valence-electron chi connectivity index (χ0n) is 18.5. The average Bonchev–Trinajstić information content (AvgIpc) is 3.18. The molecule has 0 amide bonds. The van der Waals surface area contributed by atoms with Crippen LogP contribution in [-0.2, 0) is 0 Å². The Hall–Kier alpha value is -3.40. The van der Waals surface area contributed by atoms with Crippen molar-refractivity contribution in [3.05, 3.63) is 102 Å². The summed E-state index contributed by atoms with van der Waals surface area (Å²) in [6.45, 7) is 6.74. The Balaban J connectivity index is 1.81. The van der Waals surface area contributed by atoms with Crippen molar-refractivity contribution in [1.29, 1.82) is 0 Å². The highest BCUT2D eigenvalue weighted by Gasteiger charge is 2.57. The van der Waals surface area contributed by atoms with Gasteiger partial charge in [-0.3, -0.25) is 0 Å². The second kappa shape index (κ2) is 7.09. The van der Waals surface area contributed by atoms with Crippen molar-refractivity contribution in [3.8, 4) is 0 Å². The molecule has 2 atom stereocenters. The Morgan fingerprint density at radius 1 is 0.806 bits per heavy atom. The predicted molar refractivity (Wildman–Crippen MR) is 128 cm³/mol. The van der Waals surface area contributed by atoms with Gasteiger partial charge in [0.25, 0.3) is 0 Å². The van der Waals surface area contributed by atoms with E-state index in [1.807, 2.05) is 6.07 Å². The summed E-state index contributed by atoms with van der Waals surface area (Å²) in [5, 5.41) is 11.7. The van der Waals surface area contributed by atoms with Crippen LogP contribution in [0.3, 0.4) is 0 Å². The summed E-state index contributed by atoms with van der Waals surface area (Å²) in [7, 11) is 2.17. The normalized spacial score (nSPS) is 22.6. The molecule has 0 N–H and O–H groups in total. The maximum Gasteiger partial charge on any atom is 0.180 e. The lowest BCUT2D eigenvalue weighted by Gasteiger charge is -2.51. The Morgan fingerprint density at radius 3 is 2.10 bits per heavy atom. The van der Waals surface area contributed by atoms with Crippen molar-refractivity contribution in [3.63, 3.8) is 0 Å². The van der Waals surface area contributed by atoms with Gasteiger partial charge in [0.05, 0.1) is 5.69 Å². The van der Waals surface area contributed by atoms with Crippen molar-refractivity contribution >= 4 is 16.9 Å². The number of para-hydroxylation sites is 2. The summed E-state index contributed by atoms with van der Waals surface area (Å²) < 4.78 is 0. The highest BCUT2D eigenvalue weighted by molar-refractivity contribution is 5.91. The number of rotatable bonds is 2. The maximum atomic E-state index is 4.86. The molecule has 0 fully saturated rings. The molecule has 4 heteroatoms. The Kier molecular flexibility index (Phi) is 4.47. The zero-order valence-corrected chi connectivity index (χ0v) is 18.5. The first-order valence-electron chi connectivity index (χ1n) is 10.8. The molecule has 0 aromatic heterocycles. The molecule has 0 unspecified atom stereocenters. The lowest BCUT2D eigenvalue weighted by Crippen LogP contribution is -2.65. The fourth-order valence-corrected chi connectivity index (χ4v) is 4.91. The Labute approximate surface area is 184 Å². The van der Waals surface area contributed by atoms with Crippen LogP contribution in [0.4, 0.5) is 11.4 Å². The summed E-state index contributed by atoms with van der Waals surface area (Å²) in [6.07, 6.45) is 2.38. The van der Waals surface area contributed by atoms with Crippen molar-refractivity contribution < 1.29 is 0 Å². The molecule has 31 heavy (non-hydrogen) atoms. The fourth-order valence-electron chi connectivity index (χ4n) is 4.91. The summed E-state index contributed by atoms with van der Waals surface area (Å²) >= 11 is 0. The molecule has 156 valence electrons. The van der Waals surface area contributed by atoms with Crippen LogP contribution in [0.2, 0.25) is 0 Å². The molecule has 1 spiro atoms. The van der Waals surface area contributed by atoms with E-state index in [0.29, 0.717) is 0 Å². The van der Waals surface area contributed by atoms with Crippen LogP contribution in [0.15, 0.2) is 101 Å². The quantitative estimate of drug-likeness (QED) is 0.480. The topological polar surface area (TPSA) is 31.2 Å². The van der Waals surface area contributed by atoms with Crippen LogP contribution in [0.25, 0.3) is 5.57 Å². The lowest BCUT2D eigenvalue weighted by molar-refractivity contribution is 0.251. The van der Waals surface area contributed by atoms with Crippen molar-refractivity contribution in [2.45, 2.75) is 32.5 Å². The minimum atomic E-state index is -0.556. The molecule has 3 aromatic rings. The molecule has 0 radical (unpaired) electrons. The Morgan fingerprint density at radius 2 is 1.42 bits per heavy atom. The van der Waals surface area contributed by atoms with Gasteiger partial charge in [0.1, 0.15) is 6.04 Å². The van der Waals surface area contributed by atoms with Gasteiger partial charge in [-0.1, -0.05) is 92.7 Å². The molecule has 5 rings (SSSR count). The Bertz CT molecular complexity index is 1140. The number of nitrogens with zero attached hydrogens (tertiary/aromatic N) is 4. The number of fused-ring (bicyclic) bond motifs is 1. The van der Waals surface area contributed by atoms with Gasteiger partial charge in [-0.05, 0) is 40.8 Å². The first-order chi connectivity index (χ1) is 14.9. The van der Waals surface area contributed by atoms with Gasteiger partial charge in [0.15, 0.2) is 5.66 Å². The average molecular weight is 409 g/mol. The largest absolute Gasteiger partial charge is 0.345 e. The second-order valence-corrected chi connectivity index (χ2v) is 9.40. The smallest absolute Gasteiger partial charge is 0.180 e. The van der Waals surface area contributed by atoms with Gasteiger partial charge in [0, 0.05) is 18.3 Å². The third-order valence-corrected chi connectivity index (χ3v) is 6.35. The number of hydrogen-bond donors (Lipinski definition) is 0. The van der Waals surface area contributed by atoms with E-state index < -0.39 is 5.66 Å². The van der Waals surface area contributed by atoms with Crippen molar-refractivity contribution in [2.24, 2.45) is 15.8 Å². The molecule has 3 aromatic carbocycles. The third-order valence-electron chi connectivity index (χ3n) is 6.35. The first-order valence-corrected chi connectivity index (χ1v) is 10.8. The predicted octanol–water partition coefficient (Wildman–Crippen LogP) is 6.57. The fraction of sp³-hybridized carbons (Fsp3) is 0.259. The number of anilines is 2. The molecular formula is C27H28N4. The van der Waals surface area contributed by atoms with Crippen molar-refractivity contribution in [1.82, 2.24) is 0 Å². The highest BCUT2D eigenvalue weighted by atomic mass is 15.7. The molecule has 2 heterocycles. The molecule has 0 aliphatic carbocycles.